The van der Waals surface area contributed by atoms with Crippen LogP contribution in [0.2, 0.25) is 0 Å². The van der Waals surface area contributed by atoms with E-state index in [1.807, 2.05) is 56.5 Å². The van der Waals surface area contributed by atoms with E-state index in [-0.39, 0.29) is 17.6 Å². The van der Waals surface area contributed by atoms with Gasteiger partial charge in [0, 0.05) is 36.1 Å². The number of carbonyl (C=O) groups is 2. The molecule has 0 unspecified atom stereocenters. The molecule has 224 valence electrons. The number of aryl methyl sites for hydroxylation is 1. The number of amides is 2. The van der Waals surface area contributed by atoms with Crippen LogP contribution in [0.3, 0.4) is 0 Å². The number of anilines is 2. The number of benzene rings is 1. The number of nitrogens with one attached hydrogen (secondary N) is 2. The van der Waals surface area contributed by atoms with Crippen molar-refractivity contribution in [3.05, 3.63) is 84.5 Å². The maximum Gasteiger partial charge on any atom is 0.273 e. The minimum absolute atomic E-state index is 0.137. The highest BCUT2D eigenvalue weighted by Crippen LogP contribution is 2.24. The Balaban J connectivity index is 0.000000960. The van der Waals surface area contributed by atoms with Crippen LogP contribution in [0.25, 0.3) is 10.9 Å². The first-order valence-electron chi connectivity index (χ1n) is 13.8. The SMILES string of the molecule is C=C/C(F)=C(C)\C=C/C.CC.CCC.CCn1c(C(=O)Nc2ccc([NH2+]OC)cn2)cc2cc(NC(C)=O)ccc21. The monoisotopic (exact) mass is 568 g/mol. The number of hydrogen-bond acceptors (Lipinski definition) is 4. The van der Waals surface area contributed by atoms with Gasteiger partial charge in [0.2, 0.25) is 5.91 Å². The minimum atomic E-state index is -0.256. The van der Waals surface area contributed by atoms with E-state index in [0.29, 0.717) is 29.3 Å². The van der Waals surface area contributed by atoms with Crippen LogP contribution in [0.4, 0.5) is 21.6 Å². The number of nitrogens with zero attached hydrogens (tertiary/aromatic N) is 2. The number of rotatable bonds is 8. The smallest absolute Gasteiger partial charge is 0.273 e. The third kappa shape index (κ3) is 12.8. The van der Waals surface area contributed by atoms with Crippen LogP contribution in [-0.4, -0.2) is 28.5 Å². The van der Waals surface area contributed by atoms with Gasteiger partial charge in [-0.05, 0) is 62.8 Å². The van der Waals surface area contributed by atoms with E-state index in [0.717, 1.165) is 16.6 Å². The molecule has 3 rings (SSSR count). The number of fused-ring (bicyclic) bond motifs is 1. The van der Waals surface area contributed by atoms with Crippen LogP contribution < -0.4 is 16.1 Å². The predicted octanol–water partition coefficient (Wildman–Crippen LogP) is 7.46. The molecule has 3 aromatic rings. The molecule has 0 atom stereocenters. The molecule has 8 nitrogen and oxygen atoms in total. The Morgan fingerprint density at radius 2 is 1.76 bits per heavy atom. The lowest BCUT2D eigenvalue weighted by atomic mass is 10.2. The van der Waals surface area contributed by atoms with E-state index < -0.39 is 0 Å². The number of allylic oxidation sites excluding steroid dienone is 5. The van der Waals surface area contributed by atoms with Gasteiger partial charge in [0.05, 0.1) is 13.3 Å². The summed E-state index contributed by atoms with van der Waals surface area (Å²) in [4.78, 5) is 33.2. The van der Waals surface area contributed by atoms with E-state index in [9.17, 15) is 14.0 Å². The van der Waals surface area contributed by atoms with Gasteiger partial charge in [-0.25, -0.2) is 14.2 Å². The summed E-state index contributed by atoms with van der Waals surface area (Å²) in [7, 11) is 1.57. The highest BCUT2D eigenvalue weighted by molar-refractivity contribution is 6.06. The zero-order valence-electron chi connectivity index (χ0n) is 26.0. The van der Waals surface area contributed by atoms with Crippen LogP contribution in [0.15, 0.2) is 78.8 Å². The van der Waals surface area contributed by atoms with Crippen molar-refractivity contribution in [3.63, 3.8) is 0 Å². The van der Waals surface area contributed by atoms with E-state index in [1.165, 1.54) is 19.4 Å². The molecule has 2 heterocycles. The lowest BCUT2D eigenvalue weighted by Gasteiger charge is -2.09. The Hall–Kier alpha value is -4.08. The molecule has 1 aromatic carbocycles. The molecule has 0 saturated carbocycles. The van der Waals surface area contributed by atoms with Crippen molar-refractivity contribution >= 4 is 39.9 Å². The average molecular weight is 569 g/mol. The summed E-state index contributed by atoms with van der Waals surface area (Å²) < 4.78 is 14.3. The lowest BCUT2D eigenvalue weighted by Crippen LogP contribution is -2.75. The normalized spacial score (nSPS) is 10.7. The molecular formula is C32H47FN5O3+. The van der Waals surface area contributed by atoms with Gasteiger partial charge in [-0.1, -0.05) is 52.8 Å². The van der Waals surface area contributed by atoms with Gasteiger partial charge in [0.1, 0.15) is 17.3 Å². The predicted molar refractivity (Wildman–Crippen MR) is 169 cm³/mol. The van der Waals surface area contributed by atoms with Crippen molar-refractivity contribution in [1.82, 2.24) is 9.55 Å². The largest absolute Gasteiger partial charge is 0.337 e. The summed E-state index contributed by atoms with van der Waals surface area (Å²) in [5, 5.41) is 6.45. The first-order chi connectivity index (χ1) is 19.6. The fraction of sp³-hybridized carbons (Fsp3) is 0.344. The molecular weight excluding hydrogens is 521 g/mol. The molecule has 41 heavy (non-hydrogen) atoms. The number of hydrogen-bond donors (Lipinski definition) is 3. The van der Waals surface area contributed by atoms with Crippen molar-refractivity contribution in [3.8, 4) is 0 Å². The topological polar surface area (TPSA) is 102 Å². The third-order valence-electron chi connectivity index (χ3n) is 5.03. The van der Waals surface area contributed by atoms with Gasteiger partial charge >= 0.3 is 0 Å². The second-order valence-corrected chi connectivity index (χ2v) is 8.46. The van der Waals surface area contributed by atoms with Crippen molar-refractivity contribution in [2.45, 2.75) is 68.4 Å². The highest BCUT2D eigenvalue weighted by atomic mass is 19.1. The van der Waals surface area contributed by atoms with Gasteiger partial charge < -0.3 is 15.2 Å². The third-order valence-corrected chi connectivity index (χ3v) is 5.03. The molecule has 9 heteroatoms. The van der Waals surface area contributed by atoms with E-state index in [2.05, 4.69) is 36.0 Å². The van der Waals surface area contributed by atoms with Gasteiger partial charge in [-0.2, -0.15) is 5.48 Å². The summed E-state index contributed by atoms with van der Waals surface area (Å²) >= 11 is 0. The Bertz CT molecular complexity index is 1290. The van der Waals surface area contributed by atoms with Gasteiger partial charge in [0.25, 0.3) is 5.91 Å². The molecule has 2 aromatic heterocycles. The van der Waals surface area contributed by atoms with Gasteiger partial charge in [0.15, 0.2) is 5.69 Å². The molecule has 0 aliphatic heterocycles. The number of nitrogens with two attached hydrogens (primary N) is 1. The molecule has 0 spiro atoms. The summed E-state index contributed by atoms with van der Waals surface area (Å²) in [6, 6.07) is 10.9. The van der Waals surface area contributed by atoms with Crippen LogP contribution in [0.1, 0.15) is 72.3 Å². The molecule has 2 amide bonds. The molecule has 0 aliphatic rings. The molecule has 0 bridgehead atoms. The summed E-state index contributed by atoms with van der Waals surface area (Å²) in [5.41, 5.74) is 5.15. The zero-order chi connectivity index (χ0) is 31.4. The second kappa shape index (κ2) is 20.8. The highest BCUT2D eigenvalue weighted by Gasteiger charge is 2.16. The molecule has 4 N–H and O–H groups in total. The Morgan fingerprint density at radius 1 is 1.10 bits per heavy atom. The van der Waals surface area contributed by atoms with Crippen molar-refractivity contribution in [1.29, 1.82) is 0 Å². The zero-order valence-corrected chi connectivity index (χ0v) is 26.0. The number of carbonyl (C=O) groups excluding carboxylic acids is 2. The van der Waals surface area contributed by atoms with Crippen molar-refractivity contribution in [2.75, 3.05) is 17.7 Å². The lowest BCUT2D eigenvalue weighted by molar-refractivity contribution is -0.830. The molecule has 0 saturated heterocycles. The first kappa shape index (κ1) is 36.9. The quantitative estimate of drug-likeness (QED) is 0.194. The molecule has 0 aliphatic carbocycles. The number of pyridine rings is 1. The van der Waals surface area contributed by atoms with E-state index in [1.54, 1.807) is 50.0 Å². The fourth-order valence-corrected chi connectivity index (χ4v) is 3.44. The van der Waals surface area contributed by atoms with Crippen LogP contribution in [0.5, 0.6) is 0 Å². The average Bonchev–Trinajstić information content (AvgIpc) is 3.33. The first-order valence-corrected chi connectivity index (χ1v) is 13.8. The molecule has 0 fully saturated rings. The number of halogens is 1. The van der Waals surface area contributed by atoms with Crippen LogP contribution >= 0.6 is 0 Å². The van der Waals surface area contributed by atoms with Gasteiger partial charge in [-0.15, -0.1) is 0 Å². The standard InChI is InChI=1S/C19H21N5O3.C8H11F.C3H8.C2H6/c1-4-24-16-7-5-14(21-12(2)25)9-13(16)10-17(24)19(26)22-18-8-6-15(11-20-18)23-27-3;1-4-6-7(3)8(9)5-2;1-3-2;1-2/h5-11,23H,4H2,1-3H3,(H,21,25)(H,20,22,26);4-6H,2H2,1,3H3;3H2,1-2H3;1-2H3/p+1/b;6-4-,8-7+;;. The summed E-state index contributed by atoms with van der Waals surface area (Å²) in [6.45, 7) is 19.2. The second-order valence-electron chi connectivity index (χ2n) is 8.46. The van der Waals surface area contributed by atoms with Crippen molar-refractivity contribution in [2.24, 2.45) is 0 Å². The van der Waals surface area contributed by atoms with E-state index in [4.69, 9.17) is 4.84 Å². The Labute approximate surface area is 244 Å². The summed E-state index contributed by atoms with van der Waals surface area (Å²) in [5.74, 6) is -0.180. The number of aromatic nitrogens is 2. The summed E-state index contributed by atoms with van der Waals surface area (Å²) in [6.07, 6.45) is 7.57. The Morgan fingerprint density at radius 3 is 2.24 bits per heavy atom. The molecule has 0 radical (unpaired) electrons. The fourth-order valence-electron chi connectivity index (χ4n) is 3.44. The van der Waals surface area contributed by atoms with Crippen LogP contribution in [0, 0.1) is 0 Å². The van der Waals surface area contributed by atoms with Crippen molar-refractivity contribution < 1.29 is 24.3 Å². The Kier molecular flexibility index (Phi) is 18.7. The maximum absolute atomic E-state index is 12.8. The van der Waals surface area contributed by atoms with E-state index >= 15 is 0 Å². The number of quaternary nitrogens is 1. The minimum Gasteiger partial charge on any atom is -0.337 e. The van der Waals surface area contributed by atoms with Crippen LogP contribution in [-0.2, 0) is 16.2 Å². The van der Waals surface area contributed by atoms with Gasteiger partial charge in [-0.3, -0.25) is 9.59 Å². The maximum atomic E-state index is 12.8.